The van der Waals surface area contributed by atoms with Gasteiger partial charge in [0, 0.05) is 19.3 Å². The van der Waals surface area contributed by atoms with Crippen molar-refractivity contribution in [2.75, 3.05) is 26.4 Å². The molecule has 0 spiro atoms. The van der Waals surface area contributed by atoms with Crippen LogP contribution in [0, 0.1) is 0 Å². The molecule has 0 bridgehead atoms. The van der Waals surface area contributed by atoms with Gasteiger partial charge in [0.25, 0.3) is 0 Å². The highest BCUT2D eigenvalue weighted by molar-refractivity contribution is 7.47. The van der Waals surface area contributed by atoms with Crippen molar-refractivity contribution in [1.29, 1.82) is 0 Å². The van der Waals surface area contributed by atoms with E-state index in [1.54, 1.807) is 0 Å². The lowest BCUT2D eigenvalue weighted by Crippen LogP contribution is -2.30. The first-order valence-electron chi connectivity index (χ1n) is 34.8. The number of phosphoric acid groups is 1. The average molecular weight is 1200 g/mol. The molecule has 3 unspecified atom stereocenters. The Balaban J connectivity index is 4.68. The lowest BCUT2D eigenvalue weighted by molar-refractivity contribution is -0.161. The summed E-state index contributed by atoms with van der Waals surface area (Å²) in [6, 6.07) is 0. The fraction of sp³-hybridized carbons (Fsp3) is 0.792. The Labute approximate surface area is 516 Å². The van der Waals surface area contributed by atoms with Crippen molar-refractivity contribution in [3.63, 3.8) is 0 Å². The third-order valence-corrected chi connectivity index (χ3v) is 16.0. The zero-order valence-electron chi connectivity index (χ0n) is 54.4. The summed E-state index contributed by atoms with van der Waals surface area (Å²) in [5, 5.41) is 9.88. The normalized spacial score (nSPS) is 13.6. The number of allylic oxidation sites excluding steroid dienone is 12. The summed E-state index contributed by atoms with van der Waals surface area (Å²) in [6.45, 7) is 4.57. The second-order valence-corrected chi connectivity index (χ2v) is 24.8. The molecule has 84 heavy (non-hydrogen) atoms. The first-order valence-corrected chi connectivity index (χ1v) is 36.3. The molecule has 0 heterocycles. The van der Waals surface area contributed by atoms with Gasteiger partial charge in [0.2, 0.25) is 0 Å². The molecule has 0 amide bonds. The summed E-state index contributed by atoms with van der Waals surface area (Å²) in [5.41, 5.74) is 0. The van der Waals surface area contributed by atoms with Gasteiger partial charge in [-0.05, 0) is 109 Å². The van der Waals surface area contributed by atoms with Crippen molar-refractivity contribution >= 4 is 25.7 Å². The van der Waals surface area contributed by atoms with Crippen molar-refractivity contribution in [3.8, 4) is 0 Å². The summed E-state index contributed by atoms with van der Waals surface area (Å²) < 4.78 is 39.8. The molecule has 0 aromatic rings. The minimum absolute atomic E-state index is 0.151. The number of ether oxygens (including phenoxy) is 3. The molecular weight excluding hydrogens is 1070 g/mol. The Morgan fingerprint density at radius 2 is 0.619 bits per heavy atom. The molecule has 2 N–H and O–H groups in total. The highest BCUT2D eigenvalue weighted by Gasteiger charge is 2.28. The Hall–Kier alpha value is -3.08. The molecule has 0 saturated heterocycles. The number of aliphatic hydroxyl groups excluding tert-OH is 1. The maximum Gasteiger partial charge on any atom is 0.472 e. The second kappa shape index (κ2) is 65.9. The first-order chi connectivity index (χ1) is 41.2. The average Bonchev–Trinajstić information content (AvgIpc) is 3.53. The van der Waals surface area contributed by atoms with Crippen LogP contribution in [0.4, 0.5) is 0 Å². The number of rotatable bonds is 65. The Bertz CT molecular complexity index is 1690. The Morgan fingerprint density at radius 3 is 0.964 bits per heavy atom. The third-order valence-electron chi connectivity index (χ3n) is 15.1. The number of unbranched alkanes of at least 4 members (excludes halogenated alkanes) is 36. The molecule has 488 valence electrons. The van der Waals surface area contributed by atoms with Gasteiger partial charge in [0.1, 0.15) is 12.7 Å². The number of phosphoric ester groups is 1. The number of esters is 3. The van der Waals surface area contributed by atoms with Crippen LogP contribution in [0.2, 0.25) is 0 Å². The molecule has 11 nitrogen and oxygen atoms in total. The van der Waals surface area contributed by atoms with E-state index in [2.05, 4.69) is 93.7 Å². The maximum absolute atomic E-state index is 13.0. The van der Waals surface area contributed by atoms with E-state index in [1.807, 2.05) is 0 Å². The lowest BCUT2D eigenvalue weighted by atomic mass is 10.1. The fourth-order valence-corrected chi connectivity index (χ4v) is 10.6. The number of aliphatic hydroxyl groups is 1. The lowest BCUT2D eigenvalue weighted by Gasteiger charge is -2.21. The van der Waals surface area contributed by atoms with Gasteiger partial charge in [-0.15, -0.1) is 0 Å². The van der Waals surface area contributed by atoms with Crippen molar-refractivity contribution in [3.05, 3.63) is 72.9 Å². The smallest absolute Gasteiger partial charge is 0.462 e. The van der Waals surface area contributed by atoms with Gasteiger partial charge >= 0.3 is 25.7 Å². The van der Waals surface area contributed by atoms with Gasteiger partial charge in [0.15, 0.2) is 6.10 Å². The zero-order chi connectivity index (χ0) is 61.2. The molecule has 0 saturated carbocycles. The van der Waals surface area contributed by atoms with Crippen LogP contribution in [0.5, 0.6) is 0 Å². The summed E-state index contributed by atoms with van der Waals surface area (Å²) in [4.78, 5) is 48.9. The number of carbonyl (C=O) groups excluding carboxylic acids is 3. The minimum Gasteiger partial charge on any atom is -0.462 e. The van der Waals surface area contributed by atoms with E-state index < -0.39 is 57.8 Å². The van der Waals surface area contributed by atoms with Crippen molar-refractivity contribution < 1.29 is 52.2 Å². The van der Waals surface area contributed by atoms with Crippen LogP contribution in [-0.4, -0.2) is 66.5 Å². The van der Waals surface area contributed by atoms with Gasteiger partial charge in [-0.1, -0.05) is 273 Å². The van der Waals surface area contributed by atoms with Crippen LogP contribution < -0.4 is 0 Å². The minimum atomic E-state index is -4.76. The summed E-state index contributed by atoms with van der Waals surface area (Å²) in [6.07, 6.45) is 77.0. The van der Waals surface area contributed by atoms with Crippen LogP contribution in [-0.2, 0) is 42.2 Å². The van der Waals surface area contributed by atoms with Gasteiger partial charge in [0.05, 0.1) is 19.8 Å². The highest BCUT2D eigenvalue weighted by atomic mass is 31.2. The van der Waals surface area contributed by atoms with Crippen molar-refractivity contribution in [2.45, 2.75) is 341 Å². The predicted octanol–water partition coefficient (Wildman–Crippen LogP) is 21.6. The van der Waals surface area contributed by atoms with Gasteiger partial charge in [-0.2, -0.15) is 0 Å². The van der Waals surface area contributed by atoms with E-state index in [0.717, 1.165) is 103 Å². The van der Waals surface area contributed by atoms with Crippen LogP contribution in [0.1, 0.15) is 329 Å². The molecule has 0 radical (unpaired) electrons. The van der Waals surface area contributed by atoms with Crippen molar-refractivity contribution in [2.24, 2.45) is 0 Å². The monoisotopic (exact) mass is 1200 g/mol. The molecule has 0 aromatic heterocycles. The van der Waals surface area contributed by atoms with Crippen LogP contribution in [0.15, 0.2) is 72.9 Å². The number of hydrogen-bond donors (Lipinski definition) is 2. The largest absolute Gasteiger partial charge is 0.472 e. The summed E-state index contributed by atoms with van der Waals surface area (Å²) >= 11 is 0. The van der Waals surface area contributed by atoms with E-state index in [4.69, 9.17) is 23.3 Å². The summed E-state index contributed by atoms with van der Waals surface area (Å²) in [7, 11) is -4.76. The van der Waals surface area contributed by atoms with Crippen molar-refractivity contribution in [1.82, 2.24) is 0 Å². The zero-order valence-corrected chi connectivity index (χ0v) is 55.3. The Morgan fingerprint density at radius 1 is 0.345 bits per heavy atom. The number of hydrogen-bond acceptors (Lipinski definition) is 10. The van der Waals surface area contributed by atoms with E-state index >= 15 is 0 Å². The van der Waals surface area contributed by atoms with Gasteiger partial charge < -0.3 is 24.2 Å². The van der Waals surface area contributed by atoms with E-state index in [0.29, 0.717) is 19.3 Å². The Kier molecular flexibility index (Phi) is 63.5. The number of carbonyl (C=O) groups is 3. The SMILES string of the molecule is CC/C=C\C/C=C\C/C=C\C/C=C\CCCCCCCCC(=O)OC(COC(=O)CCCCCCCCCCC/C=C\CCCCCCCC)COP(=O)(O)OCC(CO)OC(=O)CCCCCCCCCCC/C=C\CCCCCCCC. The first kappa shape index (κ1) is 80.9. The topological polar surface area (TPSA) is 155 Å². The molecule has 3 atom stereocenters. The third kappa shape index (κ3) is 63.4. The molecule has 12 heteroatoms. The molecular formula is C72H129O11P. The van der Waals surface area contributed by atoms with E-state index in [9.17, 15) is 28.9 Å². The molecule has 0 fully saturated rings. The van der Waals surface area contributed by atoms with E-state index in [1.165, 1.54) is 167 Å². The molecule has 0 rings (SSSR count). The standard InChI is InChI=1S/C72H129O11P/c1-4-7-10-13-16-19-22-25-28-31-34-37-40-43-46-49-52-55-58-61-70(74)79-65-69(83-72(76)63-60-57-54-51-48-45-42-39-36-33-30-27-24-21-18-15-12-9-6-3)67-81-84(77,78)80-66-68(64-73)82-71(75)62-59-56-53-50-47-44-41-38-35-32-29-26-23-20-17-14-11-8-5-2/h9,12,18,21,25-30,36,39,68-69,73H,4-8,10-11,13-17,19-20,22-24,31-35,37-38,40-67H2,1-3H3,(H,77,78)/b12-9-,21-18-,28-25-,29-26-,30-27-,39-36-. The molecule has 0 aliphatic rings. The summed E-state index contributed by atoms with van der Waals surface area (Å²) in [5.74, 6) is -1.47. The van der Waals surface area contributed by atoms with Gasteiger partial charge in [-0.3, -0.25) is 23.4 Å². The van der Waals surface area contributed by atoms with E-state index in [-0.39, 0.29) is 25.9 Å². The molecule has 0 aromatic carbocycles. The second-order valence-electron chi connectivity index (χ2n) is 23.3. The van der Waals surface area contributed by atoms with Crippen LogP contribution in [0.25, 0.3) is 0 Å². The fourth-order valence-electron chi connectivity index (χ4n) is 9.81. The highest BCUT2D eigenvalue weighted by Crippen LogP contribution is 2.43. The quantitative estimate of drug-likeness (QED) is 0.0197. The maximum atomic E-state index is 13.0. The van der Waals surface area contributed by atoms with Gasteiger partial charge in [-0.25, -0.2) is 4.57 Å². The molecule has 0 aliphatic heterocycles. The van der Waals surface area contributed by atoms with Crippen LogP contribution in [0.3, 0.4) is 0 Å². The van der Waals surface area contributed by atoms with Crippen LogP contribution >= 0.6 is 7.82 Å². The molecule has 0 aliphatic carbocycles. The predicted molar refractivity (Wildman–Crippen MR) is 353 cm³/mol.